The molecule has 1 aromatic rings. The Balaban J connectivity index is 1.66. The van der Waals surface area contributed by atoms with Crippen LogP contribution in [-0.2, 0) is 14.4 Å². The third-order valence-corrected chi connectivity index (χ3v) is 7.19. The first-order valence-electron chi connectivity index (χ1n) is 12.5. The van der Waals surface area contributed by atoms with Crippen LogP contribution in [0.15, 0.2) is 22.6 Å². The number of carbonyl (C=O) groups excluding carboxylic acids is 3. The van der Waals surface area contributed by atoms with E-state index in [2.05, 4.69) is 31.4 Å². The quantitative estimate of drug-likeness (QED) is 0.469. The SMILES string of the molecule is C#CCCC1(CCN(C(=O)[C@@H]2C[C@@H](O)CN2C(C)=O)C(C(=O)NC2CCC2)c2cnc(C)nc2)N=N1. The summed E-state index contributed by atoms with van der Waals surface area (Å²) in [5, 5.41) is 21.7. The lowest BCUT2D eigenvalue weighted by molar-refractivity contribution is -0.148. The highest BCUT2D eigenvalue weighted by Crippen LogP contribution is 2.38. The molecule has 1 saturated heterocycles. The number of rotatable bonds is 10. The third kappa shape index (κ3) is 5.70. The van der Waals surface area contributed by atoms with E-state index in [1.165, 1.54) is 16.7 Å². The fourth-order valence-electron chi connectivity index (χ4n) is 4.77. The number of aromatic nitrogens is 2. The average molecular weight is 496 g/mol. The van der Waals surface area contributed by atoms with Gasteiger partial charge >= 0.3 is 0 Å². The number of likely N-dealkylation sites (tertiary alicyclic amines) is 1. The van der Waals surface area contributed by atoms with Crippen molar-refractivity contribution in [2.45, 2.75) is 88.7 Å². The highest BCUT2D eigenvalue weighted by molar-refractivity contribution is 5.93. The monoisotopic (exact) mass is 495 g/mol. The van der Waals surface area contributed by atoms with Gasteiger partial charge in [0.2, 0.25) is 17.7 Å². The molecule has 2 N–H and O–H groups in total. The zero-order valence-corrected chi connectivity index (χ0v) is 20.8. The molecule has 36 heavy (non-hydrogen) atoms. The van der Waals surface area contributed by atoms with Crippen LogP contribution in [0, 0.1) is 19.3 Å². The molecule has 11 heteroatoms. The normalized spacial score (nSPS) is 22.9. The average Bonchev–Trinajstić information content (AvgIpc) is 3.49. The van der Waals surface area contributed by atoms with Gasteiger partial charge in [-0.1, -0.05) is 0 Å². The summed E-state index contributed by atoms with van der Waals surface area (Å²) in [5.74, 6) is 2.09. The lowest BCUT2D eigenvalue weighted by Crippen LogP contribution is -2.53. The Hall–Kier alpha value is -3.39. The highest BCUT2D eigenvalue weighted by atomic mass is 16.3. The van der Waals surface area contributed by atoms with Crippen molar-refractivity contribution in [2.24, 2.45) is 10.2 Å². The van der Waals surface area contributed by atoms with Crippen molar-refractivity contribution in [3.63, 3.8) is 0 Å². The lowest BCUT2D eigenvalue weighted by atomic mass is 9.92. The lowest BCUT2D eigenvalue weighted by Gasteiger charge is -2.37. The number of carbonyl (C=O) groups is 3. The van der Waals surface area contributed by atoms with Gasteiger partial charge in [0, 0.05) is 69.7 Å². The van der Waals surface area contributed by atoms with Gasteiger partial charge in [-0.05, 0) is 26.2 Å². The second-order valence-electron chi connectivity index (χ2n) is 9.85. The maximum atomic E-state index is 14.0. The molecule has 3 heterocycles. The predicted molar refractivity (Wildman–Crippen MR) is 129 cm³/mol. The van der Waals surface area contributed by atoms with Crippen molar-refractivity contribution < 1.29 is 19.5 Å². The highest BCUT2D eigenvalue weighted by Gasteiger charge is 2.46. The van der Waals surface area contributed by atoms with E-state index < -0.39 is 29.8 Å². The van der Waals surface area contributed by atoms with E-state index in [-0.39, 0.29) is 37.4 Å². The Morgan fingerprint density at radius 1 is 1.28 bits per heavy atom. The summed E-state index contributed by atoms with van der Waals surface area (Å²) in [7, 11) is 0. The van der Waals surface area contributed by atoms with Crippen molar-refractivity contribution >= 4 is 17.7 Å². The molecular formula is C25H33N7O4. The number of nitrogens with one attached hydrogen (secondary N) is 1. The minimum atomic E-state index is -1.01. The Labute approximate surface area is 210 Å². The number of hydrogen-bond acceptors (Lipinski definition) is 8. The first kappa shape index (κ1) is 25.7. The standard InChI is InChI=1S/C25H33N7O4/c1-4-5-9-25(29-30-25)10-11-31(24(36)21-12-20(34)15-32(21)17(3)33)22(18-13-26-16(2)27-14-18)23(35)28-19-7-6-8-19/h1,13-14,19-22,34H,5-12,15H2,2-3H3,(H,28,35)/t20-,21+,22?/m1/s1. The Morgan fingerprint density at radius 3 is 2.53 bits per heavy atom. The smallest absolute Gasteiger partial charge is 0.247 e. The van der Waals surface area contributed by atoms with Gasteiger partial charge in [0.05, 0.1) is 6.10 Å². The van der Waals surface area contributed by atoms with Crippen molar-refractivity contribution in [3.8, 4) is 12.3 Å². The Bertz CT molecular complexity index is 1060. The van der Waals surface area contributed by atoms with Crippen LogP contribution >= 0.6 is 0 Å². The fraction of sp³-hybridized carbons (Fsp3) is 0.640. The molecule has 3 aliphatic rings. The second-order valence-corrected chi connectivity index (χ2v) is 9.85. The zero-order valence-electron chi connectivity index (χ0n) is 20.8. The van der Waals surface area contributed by atoms with Crippen LogP contribution in [0.5, 0.6) is 0 Å². The molecule has 1 saturated carbocycles. The van der Waals surface area contributed by atoms with Gasteiger partial charge in [-0.25, -0.2) is 9.97 Å². The number of hydrogen-bond donors (Lipinski definition) is 2. The summed E-state index contributed by atoms with van der Waals surface area (Å²) >= 11 is 0. The minimum Gasteiger partial charge on any atom is -0.391 e. The number of aryl methyl sites for hydroxylation is 1. The molecule has 3 atom stereocenters. The zero-order chi connectivity index (χ0) is 25.9. The molecule has 0 aromatic carbocycles. The summed E-state index contributed by atoms with van der Waals surface area (Å²) in [6, 6.07) is -1.83. The van der Waals surface area contributed by atoms with E-state index in [1.54, 1.807) is 19.3 Å². The van der Waals surface area contributed by atoms with Gasteiger partial charge in [0.15, 0.2) is 5.66 Å². The van der Waals surface area contributed by atoms with Crippen molar-refractivity contribution in [2.75, 3.05) is 13.1 Å². The van der Waals surface area contributed by atoms with Crippen LogP contribution in [0.3, 0.4) is 0 Å². The number of terminal acetylenes is 1. The predicted octanol–water partition coefficient (Wildman–Crippen LogP) is 1.27. The number of β-amino-alcohol motifs (C(OH)–C–C–N with tert-alkyl or cyclic N) is 1. The van der Waals surface area contributed by atoms with Crippen molar-refractivity contribution in [1.29, 1.82) is 0 Å². The molecule has 1 unspecified atom stereocenters. The van der Waals surface area contributed by atoms with Gasteiger partial charge in [-0.3, -0.25) is 14.4 Å². The van der Waals surface area contributed by atoms with E-state index >= 15 is 0 Å². The van der Waals surface area contributed by atoms with Gasteiger partial charge < -0.3 is 20.2 Å². The molecule has 3 amide bonds. The topological polar surface area (TPSA) is 140 Å². The summed E-state index contributed by atoms with van der Waals surface area (Å²) in [6.45, 7) is 3.34. The van der Waals surface area contributed by atoms with Crippen LogP contribution in [0.2, 0.25) is 0 Å². The first-order chi connectivity index (χ1) is 17.2. The number of nitrogens with zero attached hydrogens (tertiary/aromatic N) is 6. The molecular weight excluding hydrogens is 462 g/mol. The van der Waals surface area contributed by atoms with Crippen LogP contribution in [0.25, 0.3) is 0 Å². The molecule has 192 valence electrons. The first-order valence-corrected chi connectivity index (χ1v) is 12.5. The van der Waals surface area contributed by atoms with Crippen LogP contribution < -0.4 is 5.32 Å². The molecule has 0 bridgehead atoms. The van der Waals surface area contributed by atoms with Gasteiger partial charge in [-0.2, -0.15) is 10.2 Å². The molecule has 4 rings (SSSR count). The van der Waals surface area contributed by atoms with E-state index in [0.29, 0.717) is 30.7 Å². The molecule has 0 radical (unpaired) electrons. The van der Waals surface area contributed by atoms with Crippen molar-refractivity contribution in [3.05, 3.63) is 23.8 Å². The van der Waals surface area contributed by atoms with Gasteiger partial charge in [-0.15, -0.1) is 12.3 Å². The van der Waals surface area contributed by atoms with Gasteiger partial charge in [0.1, 0.15) is 17.9 Å². The number of aliphatic hydroxyl groups is 1. The number of aliphatic hydroxyl groups excluding tert-OH is 1. The number of amides is 3. The third-order valence-electron chi connectivity index (χ3n) is 7.19. The molecule has 2 aliphatic heterocycles. The van der Waals surface area contributed by atoms with Crippen LogP contribution in [0.4, 0.5) is 0 Å². The maximum absolute atomic E-state index is 14.0. The van der Waals surface area contributed by atoms with E-state index in [0.717, 1.165) is 19.3 Å². The molecule has 11 nitrogen and oxygen atoms in total. The molecule has 1 aromatic heterocycles. The fourth-order valence-corrected chi connectivity index (χ4v) is 4.77. The largest absolute Gasteiger partial charge is 0.391 e. The summed E-state index contributed by atoms with van der Waals surface area (Å²) in [6.07, 6.45) is 12.1. The minimum absolute atomic E-state index is 0.0562. The van der Waals surface area contributed by atoms with Crippen LogP contribution in [0.1, 0.15) is 69.3 Å². The molecule has 1 aliphatic carbocycles. The molecule has 0 spiro atoms. The second kappa shape index (κ2) is 10.7. The van der Waals surface area contributed by atoms with Crippen molar-refractivity contribution in [1.82, 2.24) is 25.1 Å². The van der Waals surface area contributed by atoms with E-state index in [4.69, 9.17) is 6.42 Å². The Kier molecular flexibility index (Phi) is 7.64. The van der Waals surface area contributed by atoms with E-state index in [1.807, 2.05) is 0 Å². The Morgan fingerprint density at radius 2 is 1.97 bits per heavy atom. The van der Waals surface area contributed by atoms with Crippen LogP contribution in [-0.4, -0.2) is 79.5 Å². The summed E-state index contributed by atoms with van der Waals surface area (Å²) < 4.78 is 0. The summed E-state index contributed by atoms with van der Waals surface area (Å²) in [4.78, 5) is 51.3. The van der Waals surface area contributed by atoms with E-state index in [9.17, 15) is 19.5 Å². The van der Waals surface area contributed by atoms with Gasteiger partial charge in [0.25, 0.3) is 0 Å². The summed E-state index contributed by atoms with van der Waals surface area (Å²) in [5.41, 5.74) is -0.194. The molecule has 2 fully saturated rings. The maximum Gasteiger partial charge on any atom is 0.247 e.